The Hall–Kier alpha value is -2.54. The molecule has 0 saturated carbocycles. The Labute approximate surface area is 195 Å². The molecule has 0 bridgehead atoms. The lowest BCUT2D eigenvalue weighted by atomic mass is 10.3. The van der Waals surface area contributed by atoms with Gasteiger partial charge in [-0.3, -0.25) is 24.1 Å². The molecule has 0 radical (unpaired) electrons. The molecule has 4 aliphatic heterocycles. The van der Waals surface area contributed by atoms with E-state index in [9.17, 15) is 32.4 Å². The van der Waals surface area contributed by atoms with Crippen LogP contribution >= 0.6 is 0 Å². The molecule has 1 atom stereocenters. The van der Waals surface area contributed by atoms with E-state index in [2.05, 4.69) is 0 Å². The number of likely N-dealkylation sites (tertiary alicyclic amines) is 2. The number of carbonyl (C=O) groups is 5. The number of sulfonamides is 1. The molecule has 33 heavy (non-hydrogen) atoms. The Morgan fingerprint density at radius 1 is 0.818 bits per heavy atom. The van der Waals surface area contributed by atoms with E-state index in [0.29, 0.717) is 24.7 Å². The van der Waals surface area contributed by atoms with Gasteiger partial charge in [0, 0.05) is 54.7 Å². The number of rotatable bonds is 0. The van der Waals surface area contributed by atoms with Crippen LogP contribution in [-0.2, 0) is 29.2 Å². The molecule has 1 unspecified atom stereocenters. The van der Waals surface area contributed by atoms with E-state index >= 15 is 0 Å². The number of urea groups is 1. The molecular weight excluding hydrogens is 454 g/mol. The summed E-state index contributed by atoms with van der Waals surface area (Å²) in [7, 11) is 5.41. The van der Waals surface area contributed by atoms with Crippen molar-refractivity contribution in [3.05, 3.63) is 0 Å². The van der Waals surface area contributed by atoms with Crippen molar-refractivity contribution in [1.82, 2.24) is 23.9 Å². The van der Waals surface area contributed by atoms with Gasteiger partial charge in [-0.15, -0.1) is 0 Å². The fourth-order valence-corrected chi connectivity index (χ4v) is 4.42. The highest BCUT2D eigenvalue weighted by molar-refractivity contribution is 7.89. The number of imide groups is 1. The van der Waals surface area contributed by atoms with Crippen LogP contribution in [0.1, 0.15) is 32.6 Å². The second kappa shape index (κ2) is 12.1. The van der Waals surface area contributed by atoms with Gasteiger partial charge in [0.15, 0.2) is 5.78 Å². The lowest BCUT2D eigenvalue weighted by Crippen LogP contribution is -2.28. The number of ketones is 1. The predicted molar refractivity (Wildman–Crippen MR) is 121 cm³/mol. The molecule has 0 spiro atoms. The molecule has 0 aromatic heterocycles. The molecule has 0 aromatic rings. The summed E-state index contributed by atoms with van der Waals surface area (Å²) in [5.41, 5.74) is 0. The van der Waals surface area contributed by atoms with Crippen molar-refractivity contribution in [3.63, 3.8) is 0 Å². The van der Waals surface area contributed by atoms with Crippen molar-refractivity contribution in [3.8, 4) is 0 Å². The third kappa shape index (κ3) is 8.07. The topological polar surface area (TPSA) is 136 Å². The first-order valence-corrected chi connectivity index (χ1v) is 12.3. The number of nitrogens with zero attached hydrogens (tertiary/aromatic N) is 5. The highest BCUT2D eigenvalue weighted by Crippen LogP contribution is 2.12. The Kier molecular flexibility index (Phi) is 10.4. The largest absolute Gasteiger partial charge is 0.346 e. The third-order valence-electron chi connectivity index (χ3n) is 5.71. The van der Waals surface area contributed by atoms with E-state index in [0.717, 1.165) is 30.7 Å². The van der Waals surface area contributed by atoms with Crippen molar-refractivity contribution in [1.29, 1.82) is 0 Å². The minimum absolute atomic E-state index is 0.0255. The lowest BCUT2D eigenvalue weighted by molar-refractivity contribution is -0.127. The number of carbonyl (C=O) groups excluding carboxylic acids is 5. The Morgan fingerprint density at radius 3 is 1.55 bits per heavy atom. The van der Waals surface area contributed by atoms with Crippen LogP contribution in [0.4, 0.5) is 4.79 Å². The highest BCUT2D eigenvalue weighted by Gasteiger charge is 2.37. The van der Waals surface area contributed by atoms with Crippen LogP contribution in [-0.4, -0.2) is 129 Å². The molecule has 4 rings (SSSR count). The van der Waals surface area contributed by atoms with Crippen LogP contribution in [0.15, 0.2) is 0 Å². The molecule has 5 amide bonds. The monoisotopic (exact) mass is 489 g/mol. The third-order valence-corrected chi connectivity index (χ3v) is 7.64. The Balaban J connectivity index is 0.000000222. The zero-order valence-corrected chi connectivity index (χ0v) is 21.1. The van der Waals surface area contributed by atoms with Crippen molar-refractivity contribution in [2.45, 2.75) is 38.6 Å². The van der Waals surface area contributed by atoms with Crippen LogP contribution < -0.4 is 0 Å². The zero-order valence-electron chi connectivity index (χ0n) is 20.2. The van der Waals surface area contributed by atoms with Crippen molar-refractivity contribution >= 4 is 39.6 Å². The summed E-state index contributed by atoms with van der Waals surface area (Å²) in [5.74, 6) is 0.462. The smallest absolute Gasteiger partial charge is 0.326 e. The summed E-state index contributed by atoms with van der Waals surface area (Å²) in [6.45, 7) is 3.67. The number of hydrogen-bond acceptors (Lipinski definition) is 7. The van der Waals surface area contributed by atoms with Gasteiger partial charge in [0.25, 0.3) is 5.91 Å². The van der Waals surface area contributed by atoms with Crippen LogP contribution in [0.5, 0.6) is 0 Å². The van der Waals surface area contributed by atoms with Gasteiger partial charge in [0.1, 0.15) is 6.04 Å². The molecule has 0 aromatic carbocycles. The number of amides is 5. The van der Waals surface area contributed by atoms with E-state index in [-0.39, 0.29) is 36.1 Å². The Bertz CT molecular complexity index is 856. The van der Waals surface area contributed by atoms with E-state index in [1.54, 1.807) is 33.0 Å². The maximum atomic E-state index is 11.0. The van der Waals surface area contributed by atoms with Crippen LogP contribution in [0, 0.1) is 0 Å². The van der Waals surface area contributed by atoms with E-state index in [1.165, 1.54) is 21.2 Å². The first-order valence-electron chi connectivity index (χ1n) is 10.7. The molecule has 0 aliphatic carbocycles. The first kappa shape index (κ1) is 28.5. The van der Waals surface area contributed by atoms with Crippen LogP contribution in [0.3, 0.4) is 0 Å². The molecular formula is C20H35N5O7S. The second-order valence-electron chi connectivity index (χ2n) is 8.34. The maximum Gasteiger partial charge on any atom is 0.326 e. The summed E-state index contributed by atoms with van der Waals surface area (Å²) in [6, 6.07) is -0.519. The van der Waals surface area contributed by atoms with Gasteiger partial charge in [-0.2, -0.15) is 0 Å². The molecule has 4 heterocycles. The van der Waals surface area contributed by atoms with Gasteiger partial charge in [0.2, 0.25) is 21.8 Å². The summed E-state index contributed by atoms with van der Waals surface area (Å²) < 4.78 is 22.8. The fourth-order valence-electron chi connectivity index (χ4n) is 3.20. The predicted octanol–water partition coefficient (Wildman–Crippen LogP) is -0.793. The summed E-state index contributed by atoms with van der Waals surface area (Å²) in [5, 5.41) is 0. The van der Waals surface area contributed by atoms with Crippen molar-refractivity contribution in [2.24, 2.45) is 0 Å². The normalized spacial score (nSPS) is 24.4. The van der Waals surface area contributed by atoms with Gasteiger partial charge < -0.3 is 14.7 Å². The molecule has 0 N–H and O–H groups in total. The van der Waals surface area contributed by atoms with E-state index in [1.807, 2.05) is 7.05 Å². The molecule has 13 heteroatoms. The summed E-state index contributed by atoms with van der Waals surface area (Å²) in [4.78, 5) is 59.1. The fraction of sp³-hybridized carbons (Fsp3) is 0.750. The zero-order chi connectivity index (χ0) is 25.5. The van der Waals surface area contributed by atoms with Gasteiger partial charge in [-0.05, 0) is 19.8 Å². The van der Waals surface area contributed by atoms with Gasteiger partial charge in [-0.1, -0.05) is 0 Å². The minimum Gasteiger partial charge on any atom is -0.346 e. The number of likely N-dealkylation sites (N-methyl/N-ethyl adjacent to an activating group) is 3. The van der Waals surface area contributed by atoms with E-state index in [4.69, 9.17) is 0 Å². The van der Waals surface area contributed by atoms with Gasteiger partial charge >= 0.3 is 6.03 Å². The SMILES string of the molecule is CC1C(=O)N(C)C(=O)N1C.CN1CC(=O)CC1=O.CN1CCCC1=O.CN1CCCS1(=O)=O. The average Bonchev–Trinajstić information content (AvgIpc) is 3.41. The van der Waals surface area contributed by atoms with Crippen molar-refractivity contribution < 1.29 is 32.4 Å². The quantitative estimate of drug-likeness (QED) is 0.321. The van der Waals surface area contributed by atoms with Gasteiger partial charge in [-0.25, -0.2) is 17.5 Å². The summed E-state index contributed by atoms with van der Waals surface area (Å²) >= 11 is 0. The van der Waals surface area contributed by atoms with Crippen molar-refractivity contribution in [2.75, 3.05) is 60.6 Å². The number of hydrogen-bond donors (Lipinski definition) is 0. The highest BCUT2D eigenvalue weighted by atomic mass is 32.2. The standard InChI is InChI=1S/C6H10N2O2.C5H7NO2.C5H9NO.C4H9NO2S/c1-4-5(9)8(3)6(10)7(4)2;1-6-3-4(7)2-5(6)8;1-6-4-2-3-5(6)7;1-5-3-2-4-8(5,6)7/h4H,1-3H3;2-3H2,1H3;2-4H2,1H3;2-4H2,1H3. The molecule has 188 valence electrons. The molecule has 4 saturated heterocycles. The Morgan fingerprint density at radius 2 is 1.42 bits per heavy atom. The maximum absolute atomic E-state index is 11.0. The average molecular weight is 490 g/mol. The minimum atomic E-state index is -2.79. The van der Waals surface area contributed by atoms with Crippen LogP contribution in [0.25, 0.3) is 0 Å². The van der Waals surface area contributed by atoms with Crippen LogP contribution in [0.2, 0.25) is 0 Å². The first-order chi connectivity index (χ1) is 15.2. The van der Waals surface area contributed by atoms with E-state index < -0.39 is 10.0 Å². The molecule has 12 nitrogen and oxygen atoms in total. The lowest BCUT2D eigenvalue weighted by Gasteiger charge is -2.09. The number of Topliss-reactive ketones (excluding diaryl/α,β-unsaturated/α-hetero) is 1. The second-order valence-corrected chi connectivity index (χ2v) is 10.5. The van der Waals surface area contributed by atoms with Gasteiger partial charge in [0.05, 0.1) is 18.7 Å². The molecule has 4 fully saturated rings. The molecule has 4 aliphatic rings. The summed E-state index contributed by atoms with van der Waals surface area (Å²) in [6.07, 6.45) is 2.71.